The molecule has 1 amide bonds. The number of aromatic nitrogens is 1. The SMILES string of the molecule is CN1CCCC1CCNc1c(F)cc2c(=O)c(C(=O)NCCN3CCCC3)cn3c2c1Oc1cc2c(cc1-3)oc1ccccc12. The van der Waals surface area contributed by atoms with Gasteiger partial charge < -0.3 is 34.2 Å². The number of rotatable bonds is 8. The van der Waals surface area contributed by atoms with Crippen molar-refractivity contribution in [1.82, 2.24) is 19.7 Å². The second kappa shape index (κ2) is 11.2. The molecule has 2 N–H and O–H groups in total. The van der Waals surface area contributed by atoms with Gasteiger partial charge in [0, 0.05) is 48.7 Å². The van der Waals surface area contributed by atoms with Crippen LogP contribution in [0.3, 0.4) is 0 Å². The van der Waals surface area contributed by atoms with Crippen molar-refractivity contribution in [3.8, 4) is 17.2 Å². The van der Waals surface area contributed by atoms with Crippen LogP contribution in [0.25, 0.3) is 38.5 Å². The molecule has 1 unspecified atom stereocenters. The average molecular weight is 610 g/mol. The van der Waals surface area contributed by atoms with Crippen molar-refractivity contribution in [3.05, 3.63) is 70.3 Å². The van der Waals surface area contributed by atoms with Crippen molar-refractivity contribution in [2.24, 2.45) is 0 Å². The van der Waals surface area contributed by atoms with Crippen LogP contribution in [-0.2, 0) is 0 Å². The van der Waals surface area contributed by atoms with Gasteiger partial charge in [0.15, 0.2) is 17.3 Å². The van der Waals surface area contributed by atoms with E-state index in [0.717, 1.165) is 74.6 Å². The van der Waals surface area contributed by atoms with Crippen LogP contribution in [0.4, 0.5) is 10.1 Å². The van der Waals surface area contributed by atoms with E-state index in [1.807, 2.05) is 36.4 Å². The van der Waals surface area contributed by atoms with Crippen LogP contribution >= 0.6 is 0 Å². The maximum Gasteiger partial charge on any atom is 0.256 e. The molecule has 3 aliphatic rings. The quantitative estimate of drug-likeness (QED) is 0.224. The smallest absolute Gasteiger partial charge is 0.256 e. The first-order valence-electron chi connectivity index (χ1n) is 16.0. The number of hydrogen-bond acceptors (Lipinski definition) is 7. The van der Waals surface area contributed by atoms with Crippen molar-refractivity contribution < 1.29 is 18.3 Å². The van der Waals surface area contributed by atoms with Gasteiger partial charge in [0.05, 0.1) is 11.1 Å². The predicted octanol–water partition coefficient (Wildman–Crippen LogP) is 5.86. The molecular formula is C35H36FN5O4. The number of halogens is 1. The van der Waals surface area contributed by atoms with Crippen molar-refractivity contribution in [2.45, 2.75) is 38.1 Å². The molecule has 5 aromatic rings. The van der Waals surface area contributed by atoms with Crippen LogP contribution < -0.4 is 20.8 Å². The zero-order valence-electron chi connectivity index (χ0n) is 25.3. The first kappa shape index (κ1) is 28.1. The van der Waals surface area contributed by atoms with Crippen LogP contribution in [-0.4, -0.2) is 72.6 Å². The summed E-state index contributed by atoms with van der Waals surface area (Å²) < 4.78 is 30.4. The van der Waals surface area contributed by atoms with E-state index in [1.165, 1.54) is 6.07 Å². The second-order valence-corrected chi connectivity index (χ2v) is 12.5. The molecule has 2 fully saturated rings. The van der Waals surface area contributed by atoms with Crippen molar-refractivity contribution in [2.75, 3.05) is 51.6 Å². The molecule has 0 aliphatic carbocycles. The molecule has 10 heteroatoms. The molecule has 8 rings (SSSR count). The Balaban J connectivity index is 1.23. The summed E-state index contributed by atoms with van der Waals surface area (Å²) in [6, 6.07) is 13.2. The topological polar surface area (TPSA) is 92.0 Å². The van der Waals surface area contributed by atoms with E-state index in [-0.39, 0.29) is 22.4 Å². The first-order chi connectivity index (χ1) is 22.0. The van der Waals surface area contributed by atoms with Crippen LogP contribution in [0.15, 0.2) is 57.9 Å². The highest BCUT2D eigenvalue weighted by Gasteiger charge is 2.30. The third kappa shape index (κ3) is 4.83. The molecule has 2 aromatic heterocycles. The maximum atomic E-state index is 16.0. The molecule has 2 saturated heterocycles. The molecule has 0 saturated carbocycles. The van der Waals surface area contributed by atoms with Crippen LogP contribution in [0.2, 0.25) is 0 Å². The minimum atomic E-state index is -0.592. The van der Waals surface area contributed by atoms with Crippen LogP contribution in [0, 0.1) is 5.82 Å². The number of benzene rings is 3. The Morgan fingerprint density at radius 1 is 1.00 bits per heavy atom. The Morgan fingerprint density at radius 2 is 1.84 bits per heavy atom. The number of pyridine rings is 1. The van der Waals surface area contributed by atoms with Gasteiger partial charge >= 0.3 is 0 Å². The van der Waals surface area contributed by atoms with Gasteiger partial charge in [-0.05, 0) is 77.0 Å². The van der Waals surface area contributed by atoms with Gasteiger partial charge in [-0.25, -0.2) is 4.39 Å². The summed E-state index contributed by atoms with van der Waals surface area (Å²) in [5, 5.41) is 8.10. The van der Waals surface area contributed by atoms with Crippen molar-refractivity contribution in [3.63, 3.8) is 0 Å². The summed E-state index contributed by atoms with van der Waals surface area (Å²) in [7, 11) is 2.12. The molecule has 3 aromatic carbocycles. The first-order valence-corrected chi connectivity index (χ1v) is 16.0. The minimum absolute atomic E-state index is 0.0446. The molecule has 3 aliphatic heterocycles. The number of carbonyl (C=O) groups is 1. The summed E-state index contributed by atoms with van der Waals surface area (Å²) in [4.78, 5) is 31.9. The zero-order chi connectivity index (χ0) is 30.7. The third-order valence-electron chi connectivity index (χ3n) is 9.73. The summed E-state index contributed by atoms with van der Waals surface area (Å²) in [6.45, 7) is 4.79. The van der Waals surface area contributed by atoms with E-state index in [0.29, 0.717) is 41.7 Å². The maximum absolute atomic E-state index is 16.0. The molecule has 45 heavy (non-hydrogen) atoms. The highest BCUT2D eigenvalue weighted by atomic mass is 19.1. The lowest BCUT2D eigenvalue weighted by Crippen LogP contribution is -2.36. The number of nitrogens with zero attached hydrogens (tertiary/aromatic N) is 3. The predicted molar refractivity (Wildman–Crippen MR) is 174 cm³/mol. The molecular weight excluding hydrogens is 573 g/mol. The number of furan rings is 1. The Labute approximate surface area is 259 Å². The lowest BCUT2D eigenvalue weighted by Gasteiger charge is -2.27. The molecule has 0 radical (unpaired) electrons. The van der Waals surface area contributed by atoms with Gasteiger partial charge in [-0.3, -0.25) is 9.59 Å². The fourth-order valence-corrected chi connectivity index (χ4v) is 7.30. The number of hydrogen-bond donors (Lipinski definition) is 2. The van der Waals surface area contributed by atoms with Gasteiger partial charge in [-0.1, -0.05) is 18.2 Å². The Hall–Kier alpha value is -4.41. The largest absolute Gasteiger partial charge is 0.456 e. The number of anilines is 1. The van der Waals surface area contributed by atoms with E-state index < -0.39 is 17.2 Å². The normalized spacial score (nSPS) is 18.1. The average Bonchev–Trinajstić information content (AvgIpc) is 3.79. The highest BCUT2D eigenvalue weighted by Crippen LogP contribution is 2.47. The van der Waals surface area contributed by atoms with Crippen LogP contribution in [0.5, 0.6) is 11.5 Å². The fourth-order valence-electron chi connectivity index (χ4n) is 7.30. The Morgan fingerprint density at radius 3 is 2.67 bits per heavy atom. The molecule has 0 spiro atoms. The molecule has 1 atom stereocenters. The Bertz CT molecular complexity index is 2030. The molecule has 0 bridgehead atoms. The van der Waals surface area contributed by atoms with Gasteiger partial charge in [0.2, 0.25) is 5.43 Å². The zero-order valence-corrected chi connectivity index (χ0v) is 25.3. The number of likely N-dealkylation sites (tertiary alicyclic amines) is 2. The number of para-hydroxylation sites is 1. The third-order valence-corrected chi connectivity index (χ3v) is 9.73. The van der Waals surface area contributed by atoms with E-state index >= 15 is 4.39 Å². The number of fused-ring (bicyclic) bond motifs is 5. The summed E-state index contributed by atoms with van der Waals surface area (Å²) in [6.07, 6.45) is 7.01. The lowest BCUT2D eigenvalue weighted by atomic mass is 10.0. The molecule has 9 nitrogen and oxygen atoms in total. The van der Waals surface area contributed by atoms with Gasteiger partial charge in [0.25, 0.3) is 5.91 Å². The second-order valence-electron chi connectivity index (χ2n) is 12.5. The standard InChI is InChI=1S/C35H36FN5O4/c1-39-13-6-7-21(39)10-11-37-31-26(36)17-24-32-34(31)45-30-18-23-22-8-2-3-9-28(22)44-29(23)19-27(30)41(32)20-25(33(24)42)35(43)38-12-16-40-14-4-5-15-40/h2-3,8-9,17-21,37H,4-7,10-16H2,1H3,(H,38,43). The number of nitrogens with one attached hydrogen (secondary N) is 2. The van der Waals surface area contributed by atoms with E-state index in [2.05, 4.69) is 27.5 Å². The number of carbonyl (C=O) groups excluding carboxylic acids is 1. The van der Waals surface area contributed by atoms with Crippen molar-refractivity contribution in [1.29, 1.82) is 0 Å². The minimum Gasteiger partial charge on any atom is -0.456 e. The number of amides is 1. The van der Waals surface area contributed by atoms with Gasteiger partial charge in [-0.15, -0.1) is 0 Å². The van der Waals surface area contributed by atoms with Gasteiger partial charge in [0.1, 0.15) is 27.9 Å². The summed E-state index contributed by atoms with van der Waals surface area (Å²) in [5.74, 6) is -0.350. The highest BCUT2D eigenvalue weighted by molar-refractivity contribution is 6.07. The number of ether oxygens (including phenoxy) is 1. The summed E-state index contributed by atoms with van der Waals surface area (Å²) >= 11 is 0. The lowest BCUT2D eigenvalue weighted by molar-refractivity contribution is 0.0948. The van der Waals surface area contributed by atoms with Crippen LogP contribution in [0.1, 0.15) is 42.5 Å². The summed E-state index contributed by atoms with van der Waals surface area (Å²) in [5.41, 5.74) is 2.04. The molecule has 5 heterocycles. The molecule has 232 valence electrons. The van der Waals surface area contributed by atoms with Crippen molar-refractivity contribution >= 4 is 44.4 Å². The fraction of sp³-hybridized carbons (Fsp3) is 0.371. The Kier molecular flexibility index (Phi) is 6.98. The van der Waals surface area contributed by atoms with Gasteiger partial charge in [-0.2, -0.15) is 0 Å². The monoisotopic (exact) mass is 609 g/mol. The van der Waals surface area contributed by atoms with E-state index in [4.69, 9.17) is 9.15 Å². The van der Waals surface area contributed by atoms with E-state index in [9.17, 15) is 9.59 Å². The van der Waals surface area contributed by atoms with E-state index in [1.54, 1.807) is 10.8 Å².